The van der Waals surface area contributed by atoms with Gasteiger partial charge in [-0.2, -0.15) is 0 Å². The predicted octanol–water partition coefficient (Wildman–Crippen LogP) is 3.33. The lowest BCUT2D eigenvalue weighted by atomic mass is 9.95. The Labute approximate surface area is 185 Å². The van der Waals surface area contributed by atoms with Gasteiger partial charge in [0.15, 0.2) is 0 Å². The highest BCUT2D eigenvalue weighted by atomic mass is 32.2. The van der Waals surface area contributed by atoms with Crippen molar-refractivity contribution in [2.75, 3.05) is 19.6 Å². The number of benzene rings is 2. The van der Waals surface area contributed by atoms with E-state index in [2.05, 4.69) is 34.0 Å². The van der Waals surface area contributed by atoms with E-state index >= 15 is 0 Å². The first-order valence-electron chi connectivity index (χ1n) is 11.1. The summed E-state index contributed by atoms with van der Waals surface area (Å²) in [6.45, 7) is 4.86. The zero-order valence-electron chi connectivity index (χ0n) is 18.0. The first kappa shape index (κ1) is 22.0. The van der Waals surface area contributed by atoms with Crippen molar-refractivity contribution in [3.05, 3.63) is 65.7 Å². The Morgan fingerprint density at radius 1 is 1.00 bits per heavy atom. The molecule has 1 heterocycles. The van der Waals surface area contributed by atoms with E-state index in [1.807, 2.05) is 18.2 Å². The molecule has 1 atom stereocenters. The number of hydrogen-bond acceptors (Lipinski definition) is 4. The van der Waals surface area contributed by atoms with Crippen LogP contribution in [0.3, 0.4) is 0 Å². The Bertz CT molecular complexity index is 980. The fourth-order valence-electron chi connectivity index (χ4n) is 4.04. The van der Waals surface area contributed by atoms with Gasteiger partial charge in [-0.15, -0.1) is 0 Å². The molecule has 7 heteroatoms. The molecule has 1 aliphatic heterocycles. The van der Waals surface area contributed by atoms with Crippen LogP contribution in [0.1, 0.15) is 54.6 Å². The molecule has 0 spiro atoms. The van der Waals surface area contributed by atoms with Gasteiger partial charge in [-0.05, 0) is 74.5 Å². The van der Waals surface area contributed by atoms with E-state index in [9.17, 15) is 13.2 Å². The van der Waals surface area contributed by atoms with E-state index in [1.165, 1.54) is 30.5 Å². The zero-order valence-corrected chi connectivity index (χ0v) is 18.8. The van der Waals surface area contributed by atoms with Gasteiger partial charge in [-0.3, -0.25) is 9.69 Å². The van der Waals surface area contributed by atoms with E-state index < -0.39 is 10.0 Å². The van der Waals surface area contributed by atoms with E-state index in [0.717, 1.165) is 31.8 Å². The third-order valence-electron chi connectivity index (χ3n) is 6.23. The summed E-state index contributed by atoms with van der Waals surface area (Å²) in [5, 5.41) is 3.06. The lowest BCUT2D eigenvalue weighted by molar-refractivity contribution is 0.0913. The number of amides is 1. The SMILES string of the molecule is CC1CCN(C(CNC(=O)c2ccc(S(=O)(=O)NC3CC3)cc2)c2ccccc2)CC1. The van der Waals surface area contributed by atoms with Gasteiger partial charge < -0.3 is 5.32 Å². The molecule has 1 aliphatic carbocycles. The molecule has 0 bridgehead atoms. The highest BCUT2D eigenvalue weighted by Crippen LogP contribution is 2.26. The second kappa shape index (κ2) is 9.51. The lowest BCUT2D eigenvalue weighted by Gasteiger charge is -2.37. The number of hydrogen-bond donors (Lipinski definition) is 2. The number of carbonyl (C=O) groups excluding carboxylic acids is 1. The molecule has 31 heavy (non-hydrogen) atoms. The largest absolute Gasteiger partial charge is 0.350 e. The number of piperidine rings is 1. The molecular weight excluding hydrogens is 410 g/mol. The molecule has 6 nitrogen and oxygen atoms in total. The van der Waals surface area contributed by atoms with Crippen LogP contribution in [0.2, 0.25) is 0 Å². The summed E-state index contributed by atoms with van der Waals surface area (Å²) in [6, 6.07) is 16.6. The average molecular weight is 442 g/mol. The van der Waals surface area contributed by atoms with Crippen molar-refractivity contribution in [3.8, 4) is 0 Å². The Kier molecular flexibility index (Phi) is 6.74. The van der Waals surface area contributed by atoms with Gasteiger partial charge in [0.1, 0.15) is 0 Å². The minimum atomic E-state index is -3.51. The van der Waals surface area contributed by atoms with Crippen molar-refractivity contribution in [3.63, 3.8) is 0 Å². The molecule has 4 rings (SSSR count). The smallest absolute Gasteiger partial charge is 0.251 e. The van der Waals surface area contributed by atoms with Crippen LogP contribution < -0.4 is 10.0 Å². The molecular formula is C24H31N3O3S. The minimum absolute atomic E-state index is 0.0562. The van der Waals surface area contributed by atoms with Gasteiger partial charge in [0.05, 0.1) is 10.9 Å². The monoisotopic (exact) mass is 441 g/mol. The van der Waals surface area contributed by atoms with E-state index in [-0.39, 0.29) is 22.9 Å². The summed E-state index contributed by atoms with van der Waals surface area (Å²) >= 11 is 0. The molecule has 1 amide bonds. The molecule has 166 valence electrons. The maximum Gasteiger partial charge on any atom is 0.251 e. The van der Waals surface area contributed by atoms with Crippen molar-refractivity contribution >= 4 is 15.9 Å². The molecule has 1 unspecified atom stereocenters. The molecule has 1 saturated heterocycles. The molecule has 0 aromatic heterocycles. The van der Waals surface area contributed by atoms with E-state index in [0.29, 0.717) is 12.1 Å². The summed E-state index contributed by atoms with van der Waals surface area (Å²) in [6.07, 6.45) is 4.11. The maximum absolute atomic E-state index is 12.8. The molecule has 2 aromatic carbocycles. The van der Waals surface area contributed by atoms with E-state index in [4.69, 9.17) is 0 Å². The van der Waals surface area contributed by atoms with Crippen LogP contribution in [0.4, 0.5) is 0 Å². The number of likely N-dealkylation sites (tertiary alicyclic amines) is 1. The number of sulfonamides is 1. The molecule has 0 radical (unpaired) electrons. The van der Waals surface area contributed by atoms with Crippen LogP contribution in [-0.2, 0) is 10.0 Å². The topological polar surface area (TPSA) is 78.5 Å². The summed E-state index contributed by atoms with van der Waals surface area (Å²) in [7, 11) is -3.51. The predicted molar refractivity (Wildman–Crippen MR) is 121 cm³/mol. The third-order valence-corrected chi connectivity index (χ3v) is 7.76. The summed E-state index contributed by atoms with van der Waals surface area (Å²) in [5.41, 5.74) is 1.66. The quantitative estimate of drug-likeness (QED) is 0.659. The third kappa shape index (κ3) is 5.73. The Balaban J connectivity index is 1.41. The van der Waals surface area contributed by atoms with Crippen molar-refractivity contribution < 1.29 is 13.2 Å². The van der Waals surface area contributed by atoms with Gasteiger partial charge in [-0.1, -0.05) is 37.3 Å². The van der Waals surface area contributed by atoms with Crippen LogP contribution in [-0.4, -0.2) is 44.9 Å². The van der Waals surface area contributed by atoms with Crippen molar-refractivity contribution in [2.24, 2.45) is 5.92 Å². The molecule has 2 aromatic rings. The number of nitrogens with zero attached hydrogens (tertiary/aromatic N) is 1. The molecule has 2 aliphatic rings. The van der Waals surface area contributed by atoms with Crippen LogP contribution in [0.25, 0.3) is 0 Å². The van der Waals surface area contributed by atoms with Crippen LogP contribution in [0.5, 0.6) is 0 Å². The summed E-state index contributed by atoms with van der Waals surface area (Å²) in [5.74, 6) is 0.553. The summed E-state index contributed by atoms with van der Waals surface area (Å²) in [4.78, 5) is 15.4. The van der Waals surface area contributed by atoms with E-state index in [1.54, 1.807) is 12.1 Å². The van der Waals surface area contributed by atoms with Crippen molar-refractivity contribution in [1.29, 1.82) is 0 Å². The minimum Gasteiger partial charge on any atom is -0.350 e. The van der Waals surface area contributed by atoms with Gasteiger partial charge in [0.25, 0.3) is 5.91 Å². The van der Waals surface area contributed by atoms with Gasteiger partial charge >= 0.3 is 0 Å². The fraction of sp³-hybridized carbons (Fsp3) is 0.458. The van der Waals surface area contributed by atoms with Crippen LogP contribution in [0.15, 0.2) is 59.5 Å². The van der Waals surface area contributed by atoms with Gasteiger partial charge in [-0.25, -0.2) is 13.1 Å². The second-order valence-corrected chi connectivity index (χ2v) is 10.5. The first-order chi connectivity index (χ1) is 14.9. The Morgan fingerprint density at radius 3 is 2.26 bits per heavy atom. The maximum atomic E-state index is 12.8. The number of carbonyl (C=O) groups is 1. The number of rotatable bonds is 8. The van der Waals surface area contributed by atoms with Crippen molar-refractivity contribution in [1.82, 2.24) is 14.9 Å². The molecule has 2 N–H and O–H groups in total. The number of nitrogens with one attached hydrogen (secondary N) is 2. The Morgan fingerprint density at radius 2 is 1.65 bits per heavy atom. The van der Waals surface area contributed by atoms with Crippen LogP contribution >= 0.6 is 0 Å². The lowest BCUT2D eigenvalue weighted by Crippen LogP contribution is -2.42. The molecule has 1 saturated carbocycles. The van der Waals surface area contributed by atoms with Gasteiger partial charge in [0.2, 0.25) is 10.0 Å². The van der Waals surface area contributed by atoms with Crippen LogP contribution in [0, 0.1) is 5.92 Å². The second-order valence-electron chi connectivity index (χ2n) is 8.77. The molecule has 2 fully saturated rings. The zero-order chi connectivity index (χ0) is 21.8. The highest BCUT2D eigenvalue weighted by Gasteiger charge is 2.28. The summed E-state index contributed by atoms with van der Waals surface area (Å²) < 4.78 is 27.3. The Hall–Kier alpha value is -2.22. The first-order valence-corrected chi connectivity index (χ1v) is 12.6. The average Bonchev–Trinajstić information content (AvgIpc) is 3.59. The normalized spacial score (nSPS) is 19.1. The van der Waals surface area contributed by atoms with Crippen molar-refractivity contribution in [2.45, 2.75) is 49.6 Å². The highest BCUT2D eigenvalue weighted by molar-refractivity contribution is 7.89. The fourth-order valence-corrected chi connectivity index (χ4v) is 5.34. The van der Waals surface area contributed by atoms with Gasteiger partial charge in [0, 0.05) is 18.2 Å². The standard InChI is InChI=1S/C24H31N3O3S/c1-18-13-15-27(16-14-18)23(19-5-3-2-4-6-19)17-25-24(28)20-7-11-22(12-8-20)31(29,30)26-21-9-10-21/h2-8,11-12,18,21,23,26H,9-10,13-17H2,1H3,(H,25,28).